The summed E-state index contributed by atoms with van der Waals surface area (Å²) in [5, 5.41) is 4.44. The standard InChI is InChI=1S/C16H20N4O2/c1-19(9-12-5-4-6-14(17-12)22-3)16(21)13-10-20(2)18-15(13)11-7-8-11/h4-6,10-11H,7-9H2,1-3H3. The predicted octanol–water partition coefficient (Wildman–Crippen LogP) is 1.97. The number of hydrogen-bond donors (Lipinski definition) is 0. The molecule has 0 spiro atoms. The second kappa shape index (κ2) is 5.79. The zero-order valence-electron chi connectivity index (χ0n) is 13.1. The summed E-state index contributed by atoms with van der Waals surface area (Å²) in [6.45, 7) is 0.440. The van der Waals surface area contributed by atoms with Crippen molar-refractivity contribution >= 4 is 5.91 Å². The van der Waals surface area contributed by atoms with Gasteiger partial charge in [-0.1, -0.05) is 6.07 Å². The highest BCUT2D eigenvalue weighted by Crippen LogP contribution is 2.40. The van der Waals surface area contributed by atoms with Gasteiger partial charge in [-0.05, 0) is 18.9 Å². The molecule has 0 bridgehead atoms. The molecule has 6 heteroatoms. The van der Waals surface area contributed by atoms with Gasteiger partial charge in [0.05, 0.1) is 30.6 Å². The van der Waals surface area contributed by atoms with Gasteiger partial charge >= 0.3 is 0 Å². The molecule has 3 rings (SSSR count). The van der Waals surface area contributed by atoms with E-state index in [2.05, 4.69) is 10.1 Å². The highest BCUT2D eigenvalue weighted by atomic mass is 16.5. The lowest BCUT2D eigenvalue weighted by Crippen LogP contribution is -2.27. The van der Waals surface area contributed by atoms with Gasteiger partial charge in [0.2, 0.25) is 5.88 Å². The van der Waals surface area contributed by atoms with Crippen LogP contribution in [-0.2, 0) is 13.6 Å². The lowest BCUT2D eigenvalue weighted by Gasteiger charge is -2.17. The fraction of sp³-hybridized carbons (Fsp3) is 0.438. The van der Waals surface area contributed by atoms with E-state index in [1.807, 2.05) is 25.4 Å². The van der Waals surface area contributed by atoms with Gasteiger partial charge in [0.25, 0.3) is 5.91 Å². The first-order valence-corrected chi connectivity index (χ1v) is 7.37. The highest BCUT2D eigenvalue weighted by Gasteiger charge is 2.32. The number of nitrogens with zero attached hydrogens (tertiary/aromatic N) is 4. The summed E-state index contributed by atoms with van der Waals surface area (Å²) in [6.07, 6.45) is 4.06. The predicted molar refractivity (Wildman–Crippen MR) is 81.8 cm³/mol. The van der Waals surface area contributed by atoms with Gasteiger partial charge < -0.3 is 9.64 Å². The molecule has 0 radical (unpaired) electrons. The number of methoxy groups -OCH3 is 1. The first-order valence-electron chi connectivity index (χ1n) is 7.37. The number of aryl methyl sites for hydroxylation is 1. The molecular formula is C16H20N4O2. The zero-order chi connectivity index (χ0) is 15.7. The molecule has 1 saturated carbocycles. The molecule has 0 aromatic carbocycles. The van der Waals surface area contributed by atoms with Gasteiger partial charge in [-0.3, -0.25) is 9.48 Å². The van der Waals surface area contributed by atoms with Crippen LogP contribution in [0.1, 0.15) is 40.5 Å². The third-order valence-electron chi connectivity index (χ3n) is 3.79. The van der Waals surface area contributed by atoms with Crippen LogP contribution in [0.2, 0.25) is 0 Å². The SMILES string of the molecule is COc1cccc(CN(C)C(=O)c2cn(C)nc2C2CC2)n1. The molecule has 22 heavy (non-hydrogen) atoms. The Labute approximate surface area is 129 Å². The second-order valence-corrected chi connectivity index (χ2v) is 5.71. The van der Waals surface area contributed by atoms with Crippen molar-refractivity contribution in [2.75, 3.05) is 14.2 Å². The molecular weight excluding hydrogens is 280 g/mol. The van der Waals surface area contributed by atoms with Crippen molar-refractivity contribution in [1.29, 1.82) is 0 Å². The Balaban J connectivity index is 1.76. The highest BCUT2D eigenvalue weighted by molar-refractivity contribution is 5.95. The molecule has 1 amide bonds. The third-order valence-corrected chi connectivity index (χ3v) is 3.79. The Morgan fingerprint density at radius 2 is 2.23 bits per heavy atom. The van der Waals surface area contributed by atoms with Crippen molar-refractivity contribution in [3.05, 3.63) is 41.3 Å². The first kappa shape index (κ1) is 14.6. The number of carbonyl (C=O) groups excluding carboxylic acids is 1. The Bertz CT molecular complexity index is 691. The largest absolute Gasteiger partial charge is 0.481 e. The monoisotopic (exact) mass is 300 g/mol. The van der Waals surface area contributed by atoms with Gasteiger partial charge in [0.15, 0.2) is 0 Å². The van der Waals surface area contributed by atoms with E-state index in [9.17, 15) is 4.79 Å². The molecule has 2 aromatic heterocycles. The summed E-state index contributed by atoms with van der Waals surface area (Å²) >= 11 is 0. The molecule has 6 nitrogen and oxygen atoms in total. The number of ether oxygens (including phenoxy) is 1. The number of rotatable bonds is 5. The zero-order valence-corrected chi connectivity index (χ0v) is 13.1. The molecule has 0 N–H and O–H groups in total. The quantitative estimate of drug-likeness (QED) is 0.847. The average molecular weight is 300 g/mol. The lowest BCUT2D eigenvalue weighted by atomic mass is 10.1. The van der Waals surface area contributed by atoms with Gasteiger partial charge in [-0.15, -0.1) is 0 Å². The van der Waals surface area contributed by atoms with E-state index in [0.29, 0.717) is 23.9 Å². The van der Waals surface area contributed by atoms with Crippen LogP contribution in [0.3, 0.4) is 0 Å². The molecule has 0 saturated heterocycles. The van der Waals surface area contributed by atoms with Crippen molar-refractivity contribution in [3.8, 4) is 5.88 Å². The van der Waals surface area contributed by atoms with E-state index in [1.54, 1.807) is 29.8 Å². The topological polar surface area (TPSA) is 60.2 Å². The Hall–Kier alpha value is -2.37. The van der Waals surface area contributed by atoms with Gasteiger partial charge in [-0.2, -0.15) is 5.10 Å². The van der Waals surface area contributed by atoms with Crippen LogP contribution in [0, 0.1) is 0 Å². The van der Waals surface area contributed by atoms with Crippen LogP contribution in [0.5, 0.6) is 5.88 Å². The van der Waals surface area contributed by atoms with Crippen LogP contribution in [0.25, 0.3) is 0 Å². The van der Waals surface area contributed by atoms with Crippen molar-refractivity contribution < 1.29 is 9.53 Å². The normalized spacial score (nSPS) is 14.0. The molecule has 116 valence electrons. The minimum atomic E-state index is -0.0142. The summed E-state index contributed by atoms with van der Waals surface area (Å²) < 4.78 is 6.84. The van der Waals surface area contributed by atoms with Crippen LogP contribution < -0.4 is 4.74 Å². The number of amides is 1. The third kappa shape index (κ3) is 2.95. The molecule has 1 aliphatic rings. The lowest BCUT2D eigenvalue weighted by molar-refractivity contribution is 0.0782. The average Bonchev–Trinajstić information content (AvgIpc) is 3.29. The maximum atomic E-state index is 12.7. The van der Waals surface area contributed by atoms with Gasteiger partial charge in [0, 0.05) is 32.3 Å². The van der Waals surface area contributed by atoms with E-state index in [0.717, 1.165) is 24.2 Å². The summed E-state index contributed by atoms with van der Waals surface area (Å²) in [5.41, 5.74) is 2.43. The number of hydrogen-bond acceptors (Lipinski definition) is 4. The minimum Gasteiger partial charge on any atom is -0.481 e. The van der Waals surface area contributed by atoms with Crippen LogP contribution in [0.15, 0.2) is 24.4 Å². The molecule has 0 atom stereocenters. The molecule has 2 heterocycles. The summed E-state index contributed by atoms with van der Waals surface area (Å²) in [5.74, 6) is 0.988. The Morgan fingerprint density at radius 3 is 2.91 bits per heavy atom. The van der Waals surface area contributed by atoms with Crippen molar-refractivity contribution in [2.45, 2.75) is 25.3 Å². The Kier molecular flexibility index (Phi) is 3.83. The first-order chi connectivity index (χ1) is 10.6. The van der Waals surface area contributed by atoms with Gasteiger partial charge in [0.1, 0.15) is 0 Å². The van der Waals surface area contributed by atoms with E-state index in [4.69, 9.17) is 4.74 Å². The fourth-order valence-electron chi connectivity index (χ4n) is 2.51. The number of aromatic nitrogens is 3. The van der Waals surface area contributed by atoms with Crippen molar-refractivity contribution in [2.24, 2.45) is 7.05 Å². The molecule has 0 unspecified atom stereocenters. The molecule has 2 aromatic rings. The van der Waals surface area contributed by atoms with E-state index in [-0.39, 0.29) is 5.91 Å². The van der Waals surface area contributed by atoms with Crippen molar-refractivity contribution in [1.82, 2.24) is 19.7 Å². The van der Waals surface area contributed by atoms with Gasteiger partial charge in [-0.25, -0.2) is 4.98 Å². The van der Waals surface area contributed by atoms with Crippen LogP contribution >= 0.6 is 0 Å². The van der Waals surface area contributed by atoms with Crippen LogP contribution in [-0.4, -0.2) is 39.7 Å². The maximum absolute atomic E-state index is 12.7. The number of carbonyl (C=O) groups is 1. The van der Waals surface area contributed by atoms with E-state index >= 15 is 0 Å². The molecule has 0 aliphatic heterocycles. The van der Waals surface area contributed by atoms with E-state index < -0.39 is 0 Å². The maximum Gasteiger partial charge on any atom is 0.257 e. The summed E-state index contributed by atoms with van der Waals surface area (Å²) in [6, 6.07) is 5.55. The second-order valence-electron chi connectivity index (χ2n) is 5.71. The summed E-state index contributed by atoms with van der Waals surface area (Å²) in [7, 11) is 5.22. The fourth-order valence-corrected chi connectivity index (χ4v) is 2.51. The summed E-state index contributed by atoms with van der Waals surface area (Å²) in [4.78, 5) is 18.7. The smallest absolute Gasteiger partial charge is 0.257 e. The Morgan fingerprint density at radius 1 is 1.45 bits per heavy atom. The molecule has 1 aliphatic carbocycles. The van der Waals surface area contributed by atoms with Crippen molar-refractivity contribution in [3.63, 3.8) is 0 Å². The molecule has 1 fully saturated rings. The van der Waals surface area contributed by atoms with Crippen LogP contribution in [0.4, 0.5) is 0 Å². The number of pyridine rings is 1. The minimum absolute atomic E-state index is 0.0142. The van der Waals surface area contributed by atoms with E-state index in [1.165, 1.54) is 0 Å².